The molecule has 158 valence electrons. The minimum absolute atomic E-state index is 0.0692. The van der Waals surface area contributed by atoms with Crippen LogP contribution in [0.5, 0.6) is 0 Å². The lowest BCUT2D eigenvalue weighted by Gasteiger charge is -2.61. The van der Waals surface area contributed by atoms with Gasteiger partial charge in [0.15, 0.2) is 5.78 Å². The summed E-state index contributed by atoms with van der Waals surface area (Å²) in [5.74, 6) is 1.55. The van der Waals surface area contributed by atoms with Crippen LogP contribution in [0.2, 0.25) is 0 Å². The monoisotopic (exact) mass is 392 g/mol. The van der Waals surface area contributed by atoms with Gasteiger partial charge < -0.3 is 14.9 Å². The molecule has 4 saturated carbocycles. The van der Waals surface area contributed by atoms with Crippen molar-refractivity contribution in [2.75, 3.05) is 6.61 Å². The van der Waals surface area contributed by atoms with Crippen LogP contribution in [0, 0.1) is 34.5 Å². The smallest absolute Gasteiger partial charge is 0.302 e. The standard InChI is InChI=1S/C23H36O5/c1-14(25)28-16-6-9-21(2)15(12-16)4-5-17-18(21)7-10-22(3)19(17)8-11-23(22,27)20(26)13-24/h15-19,24,27H,4-13H2,1-3H3/t15-,16-,17-,18-,19+,21+,22+,23+/m1/s1. The first-order valence-corrected chi connectivity index (χ1v) is 11.2. The van der Waals surface area contributed by atoms with Crippen LogP contribution < -0.4 is 0 Å². The van der Waals surface area contributed by atoms with Crippen LogP contribution in [0.4, 0.5) is 0 Å². The van der Waals surface area contributed by atoms with Crippen molar-refractivity contribution in [3.8, 4) is 0 Å². The summed E-state index contributed by atoms with van der Waals surface area (Å²) in [6, 6.07) is 0. The number of ketones is 1. The van der Waals surface area contributed by atoms with Crippen LogP contribution in [0.15, 0.2) is 0 Å². The van der Waals surface area contributed by atoms with Crippen LogP contribution in [0.25, 0.3) is 0 Å². The van der Waals surface area contributed by atoms with Gasteiger partial charge in [-0.1, -0.05) is 13.8 Å². The number of esters is 1. The predicted octanol–water partition coefficient (Wildman–Crippen LogP) is 3.25. The highest BCUT2D eigenvalue weighted by Gasteiger charge is 2.66. The summed E-state index contributed by atoms with van der Waals surface area (Å²) in [7, 11) is 0. The molecular formula is C23H36O5. The van der Waals surface area contributed by atoms with E-state index in [-0.39, 0.29) is 17.5 Å². The zero-order valence-corrected chi connectivity index (χ0v) is 17.6. The van der Waals surface area contributed by atoms with E-state index in [4.69, 9.17) is 4.74 Å². The minimum Gasteiger partial charge on any atom is -0.463 e. The van der Waals surface area contributed by atoms with Crippen molar-refractivity contribution in [1.82, 2.24) is 0 Å². The van der Waals surface area contributed by atoms with Crippen LogP contribution in [0.3, 0.4) is 0 Å². The maximum Gasteiger partial charge on any atom is 0.302 e. The molecular weight excluding hydrogens is 356 g/mol. The van der Waals surface area contributed by atoms with Crippen LogP contribution >= 0.6 is 0 Å². The number of ether oxygens (including phenoxy) is 1. The second-order valence-corrected chi connectivity index (χ2v) is 10.6. The Labute approximate surface area is 168 Å². The summed E-state index contributed by atoms with van der Waals surface area (Å²) in [6.07, 6.45) is 8.66. The lowest BCUT2D eigenvalue weighted by atomic mass is 9.44. The van der Waals surface area contributed by atoms with E-state index >= 15 is 0 Å². The molecule has 0 aliphatic heterocycles. The molecule has 0 unspecified atom stereocenters. The summed E-state index contributed by atoms with van der Waals surface area (Å²) in [4.78, 5) is 23.8. The lowest BCUT2D eigenvalue weighted by molar-refractivity contribution is -0.177. The maximum absolute atomic E-state index is 12.4. The Morgan fingerprint density at radius 1 is 1.00 bits per heavy atom. The van der Waals surface area contributed by atoms with Gasteiger partial charge >= 0.3 is 5.97 Å². The van der Waals surface area contributed by atoms with Crippen LogP contribution in [0.1, 0.15) is 78.6 Å². The Morgan fingerprint density at radius 3 is 2.39 bits per heavy atom. The number of carbonyl (C=O) groups is 2. The number of rotatable bonds is 3. The molecule has 4 fully saturated rings. The average molecular weight is 393 g/mol. The number of aliphatic hydroxyl groups is 2. The number of hydrogen-bond acceptors (Lipinski definition) is 5. The van der Waals surface area contributed by atoms with Crippen molar-refractivity contribution < 1.29 is 24.5 Å². The highest BCUT2D eigenvalue weighted by molar-refractivity contribution is 5.89. The van der Waals surface area contributed by atoms with E-state index in [9.17, 15) is 19.8 Å². The first-order valence-electron chi connectivity index (χ1n) is 11.2. The molecule has 0 aromatic carbocycles. The van der Waals surface area contributed by atoms with Crippen molar-refractivity contribution in [1.29, 1.82) is 0 Å². The number of fused-ring (bicyclic) bond motifs is 5. The number of aliphatic hydroxyl groups excluding tert-OH is 1. The van der Waals surface area contributed by atoms with Gasteiger partial charge in [-0.3, -0.25) is 9.59 Å². The van der Waals surface area contributed by atoms with Gasteiger partial charge in [-0.25, -0.2) is 0 Å². The highest BCUT2D eigenvalue weighted by atomic mass is 16.5. The van der Waals surface area contributed by atoms with Gasteiger partial charge in [0.1, 0.15) is 18.3 Å². The van der Waals surface area contributed by atoms with E-state index in [1.807, 2.05) is 0 Å². The topological polar surface area (TPSA) is 83.8 Å². The van der Waals surface area contributed by atoms with Gasteiger partial charge in [-0.05, 0) is 86.9 Å². The number of Topliss-reactive ketones (excluding diaryl/α,β-unsaturated/α-hetero) is 1. The quantitative estimate of drug-likeness (QED) is 0.720. The Hall–Kier alpha value is -0.940. The summed E-state index contributed by atoms with van der Waals surface area (Å²) in [5, 5.41) is 20.7. The van der Waals surface area contributed by atoms with E-state index in [1.165, 1.54) is 6.92 Å². The molecule has 0 heterocycles. The highest BCUT2D eigenvalue weighted by Crippen LogP contribution is 2.68. The molecule has 0 aromatic heterocycles. The fourth-order valence-electron chi connectivity index (χ4n) is 8.17. The molecule has 8 atom stereocenters. The van der Waals surface area contributed by atoms with Gasteiger partial charge in [0, 0.05) is 12.3 Å². The molecule has 4 aliphatic carbocycles. The third-order valence-corrected chi connectivity index (χ3v) is 9.71. The zero-order valence-electron chi connectivity index (χ0n) is 17.6. The van der Waals surface area contributed by atoms with Gasteiger partial charge in [0.25, 0.3) is 0 Å². The molecule has 4 rings (SSSR count). The minimum atomic E-state index is -1.36. The molecule has 2 N–H and O–H groups in total. The molecule has 5 nitrogen and oxygen atoms in total. The first kappa shape index (κ1) is 20.3. The van der Waals surface area contributed by atoms with Crippen molar-refractivity contribution >= 4 is 11.8 Å². The molecule has 0 radical (unpaired) electrons. The molecule has 0 saturated heterocycles. The van der Waals surface area contributed by atoms with Crippen molar-refractivity contribution in [3.63, 3.8) is 0 Å². The normalized spacial score (nSPS) is 50.2. The SMILES string of the molecule is CC(=O)O[C@@H]1CC[C@@]2(C)[C@H](CC[C@@H]3[C@H]2CC[C@@]2(C)[C@H]3CC[C@]2(O)C(=O)CO)C1. The number of carbonyl (C=O) groups excluding carboxylic acids is 2. The molecule has 5 heteroatoms. The molecule has 0 bridgehead atoms. The first-order chi connectivity index (χ1) is 13.2. The van der Waals surface area contributed by atoms with Crippen LogP contribution in [-0.4, -0.2) is 40.3 Å². The molecule has 28 heavy (non-hydrogen) atoms. The van der Waals surface area contributed by atoms with E-state index in [2.05, 4.69) is 13.8 Å². The second kappa shape index (κ2) is 6.80. The van der Waals surface area contributed by atoms with Gasteiger partial charge in [-0.2, -0.15) is 0 Å². The number of hydrogen-bond donors (Lipinski definition) is 2. The molecule has 0 spiro atoms. The van der Waals surface area contributed by atoms with Crippen molar-refractivity contribution in [2.45, 2.75) is 90.3 Å². The second-order valence-electron chi connectivity index (χ2n) is 10.6. The third kappa shape index (κ3) is 2.72. The third-order valence-electron chi connectivity index (χ3n) is 9.71. The summed E-state index contributed by atoms with van der Waals surface area (Å²) < 4.78 is 5.54. The Morgan fingerprint density at radius 2 is 1.71 bits per heavy atom. The lowest BCUT2D eigenvalue weighted by Crippen LogP contribution is -2.59. The van der Waals surface area contributed by atoms with Gasteiger partial charge in [-0.15, -0.1) is 0 Å². The largest absolute Gasteiger partial charge is 0.463 e. The van der Waals surface area contributed by atoms with Crippen LogP contribution in [-0.2, 0) is 14.3 Å². The summed E-state index contributed by atoms with van der Waals surface area (Å²) in [6.45, 7) is 5.48. The average Bonchev–Trinajstić information content (AvgIpc) is 2.93. The van der Waals surface area contributed by atoms with Crippen molar-refractivity contribution in [2.24, 2.45) is 34.5 Å². The van der Waals surface area contributed by atoms with Gasteiger partial charge in [0.2, 0.25) is 0 Å². The Balaban J connectivity index is 1.56. The van der Waals surface area contributed by atoms with E-state index in [0.717, 1.165) is 51.4 Å². The van der Waals surface area contributed by atoms with E-state index < -0.39 is 23.4 Å². The summed E-state index contributed by atoms with van der Waals surface area (Å²) >= 11 is 0. The molecule has 0 aromatic rings. The molecule has 4 aliphatic rings. The molecule has 0 amide bonds. The predicted molar refractivity (Wildman–Crippen MR) is 104 cm³/mol. The summed E-state index contributed by atoms with van der Waals surface area (Å²) in [5.41, 5.74) is -1.50. The fraction of sp³-hybridized carbons (Fsp3) is 0.913. The van der Waals surface area contributed by atoms with E-state index in [1.54, 1.807) is 0 Å². The Bertz CT molecular complexity index is 661. The van der Waals surface area contributed by atoms with Gasteiger partial charge in [0.05, 0.1) is 0 Å². The van der Waals surface area contributed by atoms with E-state index in [0.29, 0.717) is 30.1 Å². The Kier molecular flexibility index (Phi) is 4.94. The zero-order chi connectivity index (χ0) is 20.3. The maximum atomic E-state index is 12.4. The fourth-order valence-corrected chi connectivity index (χ4v) is 8.17. The van der Waals surface area contributed by atoms with Crippen molar-refractivity contribution in [3.05, 3.63) is 0 Å².